The van der Waals surface area contributed by atoms with E-state index in [9.17, 15) is 14.7 Å². The average molecular weight is 434 g/mol. The summed E-state index contributed by atoms with van der Waals surface area (Å²) in [5, 5.41) is 13.0. The molecule has 1 atom stereocenters. The molecule has 2 heterocycles. The van der Waals surface area contributed by atoms with Crippen molar-refractivity contribution in [2.75, 3.05) is 39.3 Å². The first kappa shape index (κ1) is 24.5. The highest BCUT2D eigenvalue weighted by molar-refractivity contribution is 6.05. The zero-order valence-corrected chi connectivity index (χ0v) is 17.6. The van der Waals surface area contributed by atoms with Gasteiger partial charge in [0.05, 0.1) is 0 Å². The molecule has 0 bridgehead atoms. The van der Waals surface area contributed by atoms with Gasteiger partial charge in [-0.25, -0.2) is 4.79 Å². The minimum Gasteiger partial charge on any atom is -0.478 e. The number of nitrogens with zero attached hydrogens (tertiary/aromatic N) is 2. The van der Waals surface area contributed by atoms with Crippen molar-refractivity contribution >= 4 is 36.7 Å². The molecule has 28 heavy (non-hydrogen) atoms. The maximum atomic E-state index is 12.9. The largest absolute Gasteiger partial charge is 0.478 e. The lowest BCUT2D eigenvalue weighted by Crippen LogP contribution is -2.61. The molecule has 0 aliphatic carbocycles. The summed E-state index contributed by atoms with van der Waals surface area (Å²) in [4.78, 5) is 28.8. The average Bonchev–Trinajstić information content (AvgIpc) is 2.69. The van der Waals surface area contributed by atoms with Crippen molar-refractivity contribution in [2.24, 2.45) is 0 Å². The number of piperidine rings is 1. The third kappa shape index (κ3) is 5.50. The Morgan fingerprint density at radius 3 is 2.18 bits per heavy atom. The number of piperazine rings is 1. The lowest BCUT2D eigenvalue weighted by atomic mass is 10.0. The minimum absolute atomic E-state index is 0. The van der Waals surface area contributed by atoms with Crippen molar-refractivity contribution in [3.05, 3.63) is 30.3 Å². The van der Waals surface area contributed by atoms with Gasteiger partial charge < -0.3 is 20.1 Å². The van der Waals surface area contributed by atoms with Crippen molar-refractivity contribution in [2.45, 2.75) is 31.4 Å². The Bertz CT molecular complexity index is 635. The molecule has 2 aliphatic rings. The third-order valence-corrected chi connectivity index (χ3v) is 5.31. The van der Waals surface area contributed by atoms with Gasteiger partial charge in [0.2, 0.25) is 0 Å². The fourth-order valence-corrected chi connectivity index (χ4v) is 3.67. The number of para-hydroxylation sites is 1. The summed E-state index contributed by atoms with van der Waals surface area (Å²) < 4.78 is 5.61. The van der Waals surface area contributed by atoms with E-state index in [1.54, 1.807) is 29.2 Å². The Labute approximate surface area is 178 Å². The van der Waals surface area contributed by atoms with E-state index < -0.39 is 17.5 Å². The lowest BCUT2D eigenvalue weighted by molar-refractivity contribution is -0.167. The van der Waals surface area contributed by atoms with Crippen LogP contribution in [0.2, 0.25) is 0 Å². The van der Waals surface area contributed by atoms with Crippen molar-refractivity contribution in [1.82, 2.24) is 15.1 Å². The summed E-state index contributed by atoms with van der Waals surface area (Å²) in [7, 11) is 0. The van der Waals surface area contributed by atoms with E-state index in [-0.39, 0.29) is 24.8 Å². The molecule has 2 fully saturated rings. The lowest BCUT2D eigenvalue weighted by Gasteiger charge is -2.42. The first-order valence-corrected chi connectivity index (χ1v) is 9.22. The monoisotopic (exact) mass is 433 g/mol. The number of aliphatic carboxylic acids is 1. The molecule has 1 aromatic rings. The van der Waals surface area contributed by atoms with Gasteiger partial charge in [-0.1, -0.05) is 18.2 Å². The van der Waals surface area contributed by atoms with Crippen molar-refractivity contribution in [1.29, 1.82) is 0 Å². The van der Waals surface area contributed by atoms with Crippen LogP contribution in [0.4, 0.5) is 0 Å². The van der Waals surface area contributed by atoms with Crippen LogP contribution < -0.4 is 10.1 Å². The molecule has 3 rings (SSSR count). The predicted octanol–water partition coefficient (Wildman–Crippen LogP) is 1.65. The van der Waals surface area contributed by atoms with E-state index in [1.165, 1.54) is 6.92 Å². The van der Waals surface area contributed by atoms with Crippen LogP contribution in [0.3, 0.4) is 0 Å². The fourth-order valence-electron chi connectivity index (χ4n) is 3.67. The Morgan fingerprint density at radius 2 is 1.64 bits per heavy atom. The molecule has 0 saturated carbocycles. The second-order valence-corrected chi connectivity index (χ2v) is 7.06. The first-order valence-electron chi connectivity index (χ1n) is 9.22. The highest BCUT2D eigenvalue weighted by Crippen LogP contribution is 2.22. The van der Waals surface area contributed by atoms with Crippen molar-refractivity contribution in [3.8, 4) is 5.75 Å². The van der Waals surface area contributed by atoms with Crippen LogP contribution >= 0.6 is 24.8 Å². The normalized spacial score (nSPS) is 20.2. The van der Waals surface area contributed by atoms with Gasteiger partial charge in [-0.2, -0.15) is 0 Å². The molecule has 2 saturated heterocycles. The number of nitrogens with one attached hydrogen (secondary N) is 1. The summed E-state index contributed by atoms with van der Waals surface area (Å²) in [6, 6.07) is 9.18. The minimum atomic E-state index is -1.92. The fraction of sp³-hybridized carbons (Fsp3) is 0.579. The van der Waals surface area contributed by atoms with Gasteiger partial charge in [0.1, 0.15) is 5.75 Å². The van der Waals surface area contributed by atoms with Gasteiger partial charge in [0.15, 0.2) is 0 Å². The van der Waals surface area contributed by atoms with Crippen LogP contribution in [0.25, 0.3) is 0 Å². The number of hydrogen-bond donors (Lipinski definition) is 2. The number of ether oxygens (including phenoxy) is 1. The summed E-state index contributed by atoms with van der Waals surface area (Å²) in [6.45, 7) is 6.02. The van der Waals surface area contributed by atoms with Gasteiger partial charge >= 0.3 is 5.97 Å². The molecule has 9 heteroatoms. The number of carbonyl (C=O) groups is 2. The summed E-state index contributed by atoms with van der Waals surface area (Å²) >= 11 is 0. The molecule has 158 valence electrons. The van der Waals surface area contributed by atoms with Gasteiger partial charge in [-0.05, 0) is 45.0 Å². The van der Waals surface area contributed by atoms with E-state index in [1.807, 2.05) is 6.07 Å². The third-order valence-electron chi connectivity index (χ3n) is 5.31. The number of halogens is 2. The van der Waals surface area contributed by atoms with Crippen molar-refractivity contribution < 1.29 is 19.4 Å². The quantitative estimate of drug-likeness (QED) is 0.686. The molecule has 1 aromatic carbocycles. The number of rotatable bonds is 5. The van der Waals surface area contributed by atoms with Gasteiger partial charge in [-0.15, -0.1) is 24.8 Å². The van der Waals surface area contributed by atoms with Crippen LogP contribution in [0.1, 0.15) is 19.8 Å². The Balaban J connectivity index is 0.00000196. The molecule has 0 radical (unpaired) electrons. The van der Waals surface area contributed by atoms with Crippen LogP contribution in [0.5, 0.6) is 5.75 Å². The number of amides is 1. The van der Waals surface area contributed by atoms with E-state index in [2.05, 4.69) is 10.2 Å². The zero-order chi connectivity index (χ0) is 18.6. The standard InChI is InChI=1S/C19H27N3O4.2ClH/c1-19(18(24)25,26-16-5-3-2-4-6-16)17(23)22-13-11-21(12-14-22)15-7-9-20-10-8-15;;/h2-6,15,20H,7-14H2,1H3,(H,24,25);2*1H. The number of carboxylic acid groups (broad SMARTS) is 1. The molecule has 1 unspecified atom stereocenters. The maximum Gasteiger partial charge on any atom is 0.357 e. The van der Waals surface area contributed by atoms with E-state index in [0.717, 1.165) is 39.0 Å². The highest BCUT2D eigenvalue weighted by atomic mass is 35.5. The number of carboxylic acids is 1. The van der Waals surface area contributed by atoms with E-state index in [0.29, 0.717) is 24.9 Å². The van der Waals surface area contributed by atoms with Crippen LogP contribution in [-0.4, -0.2) is 77.7 Å². The first-order chi connectivity index (χ1) is 12.5. The number of carbonyl (C=O) groups excluding carboxylic acids is 1. The Hall–Kier alpha value is -1.54. The van der Waals surface area contributed by atoms with Gasteiger partial charge in [0, 0.05) is 32.2 Å². The van der Waals surface area contributed by atoms with Crippen molar-refractivity contribution in [3.63, 3.8) is 0 Å². The summed E-state index contributed by atoms with van der Waals surface area (Å²) in [5.74, 6) is -1.38. The van der Waals surface area contributed by atoms with Gasteiger partial charge in [0.25, 0.3) is 11.5 Å². The predicted molar refractivity (Wildman–Crippen MR) is 112 cm³/mol. The summed E-state index contributed by atoms with van der Waals surface area (Å²) in [6.07, 6.45) is 2.25. The molecular weight excluding hydrogens is 405 g/mol. The number of benzene rings is 1. The second-order valence-electron chi connectivity index (χ2n) is 7.06. The molecule has 0 spiro atoms. The SMILES string of the molecule is CC(Oc1ccccc1)(C(=O)O)C(=O)N1CCN(C2CCNCC2)CC1.Cl.Cl. The van der Waals surface area contributed by atoms with E-state index >= 15 is 0 Å². The zero-order valence-electron chi connectivity index (χ0n) is 16.0. The highest BCUT2D eigenvalue weighted by Gasteiger charge is 2.47. The molecule has 7 nitrogen and oxygen atoms in total. The van der Waals surface area contributed by atoms with Crippen LogP contribution in [0, 0.1) is 0 Å². The number of hydrogen-bond acceptors (Lipinski definition) is 5. The van der Waals surface area contributed by atoms with Gasteiger partial charge in [-0.3, -0.25) is 9.69 Å². The molecule has 2 aliphatic heterocycles. The maximum absolute atomic E-state index is 12.9. The summed E-state index contributed by atoms with van der Waals surface area (Å²) in [5.41, 5.74) is -1.92. The second kappa shape index (κ2) is 10.9. The topological polar surface area (TPSA) is 82.1 Å². The smallest absolute Gasteiger partial charge is 0.357 e. The Morgan fingerprint density at radius 1 is 1.07 bits per heavy atom. The molecular formula is C19H29Cl2N3O4. The van der Waals surface area contributed by atoms with Crippen LogP contribution in [-0.2, 0) is 9.59 Å². The Kier molecular flexibility index (Phi) is 9.50. The van der Waals surface area contributed by atoms with E-state index in [4.69, 9.17) is 4.74 Å². The molecule has 1 amide bonds. The molecule has 0 aromatic heterocycles. The molecule has 2 N–H and O–H groups in total. The van der Waals surface area contributed by atoms with Crippen LogP contribution in [0.15, 0.2) is 30.3 Å².